The van der Waals surface area contributed by atoms with E-state index in [2.05, 4.69) is 42.6 Å². The third-order valence-corrected chi connectivity index (χ3v) is 5.75. The highest BCUT2D eigenvalue weighted by molar-refractivity contribution is 6.33. The van der Waals surface area contributed by atoms with Crippen molar-refractivity contribution < 1.29 is 4.79 Å². The predicted octanol–water partition coefficient (Wildman–Crippen LogP) is 4.27. The Morgan fingerprint density at radius 1 is 1.30 bits per heavy atom. The maximum absolute atomic E-state index is 13.3. The van der Waals surface area contributed by atoms with E-state index in [1.165, 1.54) is 0 Å². The molecule has 1 aromatic heterocycles. The number of carbonyl (C=O) groups is 1. The van der Waals surface area contributed by atoms with Crippen molar-refractivity contribution in [1.82, 2.24) is 14.7 Å². The van der Waals surface area contributed by atoms with E-state index in [0.717, 1.165) is 30.1 Å². The molecule has 0 radical (unpaired) electrons. The van der Waals surface area contributed by atoms with Crippen LogP contribution in [0.1, 0.15) is 51.0 Å². The normalized spacial score (nSPS) is 22.6. The van der Waals surface area contributed by atoms with Gasteiger partial charge >= 0.3 is 0 Å². The molecule has 30 heavy (non-hydrogen) atoms. The predicted molar refractivity (Wildman–Crippen MR) is 122 cm³/mol. The lowest BCUT2D eigenvalue weighted by Crippen LogP contribution is -2.63. The van der Waals surface area contributed by atoms with Crippen LogP contribution in [0.5, 0.6) is 0 Å². The van der Waals surface area contributed by atoms with E-state index in [0.29, 0.717) is 30.4 Å². The average Bonchev–Trinajstić information content (AvgIpc) is 3.08. The molecule has 0 aliphatic carbocycles. The second kappa shape index (κ2) is 7.61. The maximum atomic E-state index is 13.3. The molecular weight excluding hydrogens is 400 g/mol. The van der Waals surface area contributed by atoms with Crippen LogP contribution in [-0.2, 0) is 6.54 Å². The van der Waals surface area contributed by atoms with Crippen molar-refractivity contribution in [2.75, 3.05) is 23.7 Å². The summed E-state index contributed by atoms with van der Waals surface area (Å²) in [5, 5.41) is 12.0. The zero-order valence-corrected chi connectivity index (χ0v) is 18.8. The van der Waals surface area contributed by atoms with E-state index in [1.807, 2.05) is 30.0 Å². The molecule has 0 saturated carbocycles. The summed E-state index contributed by atoms with van der Waals surface area (Å²) < 4.78 is 1.69. The van der Waals surface area contributed by atoms with Crippen molar-refractivity contribution >= 4 is 34.7 Å². The number of nitrogens with zero attached hydrogens (tertiary/aromatic N) is 4. The molecule has 1 amide bonds. The Hall–Kier alpha value is -2.54. The van der Waals surface area contributed by atoms with Crippen LogP contribution in [0.3, 0.4) is 0 Å². The van der Waals surface area contributed by atoms with E-state index in [9.17, 15) is 4.79 Å². The van der Waals surface area contributed by atoms with Gasteiger partial charge in [0.05, 0.1) is 28.5 Å². The number of carbonyl (C=O) groups excluding carboxylic acids is 1. The number of hydrogen-bond acceptors (Lipinski definition) is 4. The molecule has 2 N–H and O–H groups in total. The minimum absolute atomic E-state index is 0.137. The Morgan fingerprint density at radius 2 is 2.03 bits per heavy atom. The van der Waals surface area contributed by atoms with Crippen LogP contribution >= 0.6 is 11.6 Å². The first kappa shape index (κ1) is 20.7. The van der Waals surface area contributed by atoms with Gasteiger partial charge in [0.25, 0.3) is 5.91 Å². The van der Waals surface area contributed by atoms with Crippen LogP contribution in [0.4, 0.5) is 11.4 Å². The molecule has 160 valence electrons. The zero-order valence-electron chi connectivity index (χ0n) is 18.0. The van der Waals surface area contributed by atoms with Crippen molar-refractivity contribution in [2.24, 2.45) is 4.99 Å². The van der Waals surface area contributed by atoms with Gasteiger partial charge in [-0.2, -0.15) is 5.10 Å². The molecule has 1 unspecified atom stereocenters. The van der Waals surface area contributed by atoms with Crippen LogP contribution in [0, 0.1) is 0 Å². The van der Waals surface area contributed by atoms with Crippen LogP contribution in [0.2, 0.25) is 5.02 Å². The summed E-state index contributed by atoms with van der Waals surface area (Å²) in [7, 11) is 0. The monoisotopic (exact) mass is 428 g/mol. The third-order valence-electron chi connectivity index (χ3n) is 5.48. The summed E-state index contributed by atoms with van der Waals surface area (Å²) in [4.78, 5) is 20.1. The maximum Gasteiger partial charge on any atom is 0.276 e. The highest BCUT2D eigenvalue weighted by Gasteiger charge is 2.45. The summed E-state index contributed by atoms with van der Waals surface area (Å²) >= 11 is 6.32. The van der Waals surface area contributed by atoms with Crippen molar-refractivity contribution in [1.29, 1.82) is 0 Å². The number of aliphatic imine (C=N–C) groups is 1. The number of benzene rings is 1. The lowest BCUT2D eigenvalue weighted by Gasteiger charge is -2.47. The minimum Gasteiger partial charge on any atom is -0.370 e. The fourth-order valence-electron chi connectivity index (χ4n) is 4.11. The average molecular weight is 429 g/mol. The zero-order chi connectivity index (χ0) is 21.5. The molecule has 7 nitrogen and oxygen atoms in total. The van der Waals surface area contributed by atoms with Crippen LogP contribution in [-0.4, -0.2) is 50.6 Å². The summed E-state index contributed by atoms with van der Waals surface area (Å²) in [6.45, 7) is 10.1. The summed E-state index contributed by atoms with van der Waals surface area (Å²) in [6, 6.07) is 8.10. The largest absolute Gasteiger partial charge is 0.370 e. The highest BCUT2D eigenvalue weighted by Crippen LogP contribution is 2.37. The van der Waals surface area contributed by atoms with Crippen LogP contribution in [0.15, 0.2) is 35.5 Å². The third kappa shape index (κ3) is 3.90. The second-order valence-electron chi connectivity index (χ2n) is 9.02. The molecule has 2 aliphatic heterocycles. The lowest BCUT2D eigenvalue weighted by molar-refractivity contribution is 0.0687. The second-order valence-corrected chi connectivity index (χ2v) is 9.43. The Balaban J connectivity index is 1.69. The van der Waals surface area contributed by atoms with Gasteiger partial charge in [-0.15, -0.1) is 0 Å². The first-order chi connectivity index (χ1) is 14.2. The first-order valence-electron chi connectivity index (χ1n) is 10.5. The molecule has 2 aliphatic rings. The summed E-state index contributed by atoms with van der Waals surface area (Å²) in [6.07, 6.45) is 3.44. The standard InChI is InChI=1S/C22H29ClN6O/c1-5-29-13-15(23)18(27-29)19(30)28-12-8-11-22(14-28)20(26-21(2,3)4)24-16-9-6-7-10-17(16)25-22/h6-7,9-10,13,25H,5,8,11-12,14H2,1-4H3,(H,24,26). The molecule has 1 atom stereocenters. The van der Waals surface area contributed by atoms with Gasteiger partial charge in [0.15, 0.2) is 5.69 Å². The van der Waals surface area contributed by atoms with Crippen LogP contribution in [0.25, 0.3) is 0 Å². The smallest absolute Gasteiger partial charge is 0.276 e. The lowest BCUT2D eigenvalue weighted by atomic mass is 9.84. The van der Waals surface area contributed by atoms with E-state index >= 15 is 0 Å². The van der Waals surface area contributed by atoms with Crippen molar-refractivity contribution in [3.63, 3.8) is 0 Å². The SMILES string of the molecule is CCn1cc(Cl)c(C(=O)N2CCCC3(C2)Nc2ccccc2NC3=NC(C)(C)C)n1. The first-order valence-corrected chi connectivity index (χ1v) is 10.9. The fraction of sp³-hybridized carbons (Fsp3) is 0.500. The molecule has 1 spiro atoms. The topological polar surface area (TPSA) is 74.6 Å². The number of likely N-dealkylation sites (tertiary alicyclic amines) is 1. The molecule has 1 saturated heterocycles. The summed E-state index contributed by atoms with van der Waals surface area (Å²) in [5.41, 5.74) is 1.61. The number of rotatable bonds is 2. The number of amidine groups is 1. The van der Waals surface area contributed by atoms with E-state index < -0.39 is 5.54 Å². The van der Waals surface area contributed by atoms with Gasteiger partial charge in [-0.3, -0.25) is 14.5 Å². The Kier molecular flexibility index (Phi) is 5.26. The van der Waals surface area contributed by atoms with E-state index in [-0.39, 0.29) is 11.4 Å². The Bertz CT molecular complexity index is 992. The number of amides is 1. The van der Waals surface area contributed by atoms with Gasteiger partial charge in [-0.1, -0.05) is 23.7 Å². The van der Waals surface area contributed by atoms with Gasteiger partial charge in [0.2, 0.25) is 0 Å². The van der Waals surface area contributed by atoms with Crippen molar-refractivity contribution in [3.05, 3.63) is 41.2 Å². The van der Waals surface area contributed by atoms with E-state index in [1.54, 1.807) is 10.9 Å². The number of anilines is 2. The van der Waals surface area contributed by atoms with Crippen molar-refractivity contribution in [3.8, 4) is 0 Å². The number of aromatic nitrogens is 2. The quantitative estimate of drug-likeness (QED) is 0.749. The molecule has 1 aromatic carbocycles. The van der Waals surface area contributed by atoms with Gasteiger partial charge < -0.3 is 15.5 Å². The van der Waals surface area contributed by atoms with Gasteiger partial charge in [0.1, 0.15) is 11.4 Å². The molecule has 3 heterocycles. The molecule has 4 rings (SSSR count). The number of piperidine rings is 1. The number of para-hydroxylation sites is 2. The molecular formula is C22H29ClN6O. The summed E-state index contributed by atoms with van der Waals surface area (Å²) in [5.74, 6) is 0.735. The highest BCUT2D eigenvalue weighted by atomic mass is 35.5. The number of aryl methyl sites for hydroxylation is 1. The van der Waals surface area contributed by atoms with Gasteiger partial charge in [0, 0.05) is 19.3 Å². The minimum atomic E-state index is -0.477. The number of fused-ring (bicyclic) bond motifs is 1. The number of halogens is 1. The molecule has 1 fully saturated rings. The Labute approximate surface area is 182 Å². The molecule has 8 heteroatoms. The van der Waals surface area contributed by atoms with Crippen LogP contribution < -0.4 is 10.6 Å². The van der Waals surface area contributed by atoms with Gasteiger partial charge in [-0.05, 0) is 52.7 Å². The fourth-order valence-corrected chi connectivity index (χ4v) is 4.34. The number of hydrogen-bond donors (Lipinski definition) is 2. The number of nitrogens with one attached hydrogen (secondary N) is 2. The molecule has 0 bridgehead atoms. The van der Waals surface area contributed by atoms with Gasteiger partial charge in [-0.25, -0.2) is 0 Å². The van der Waals surface area contributed by atoms with Crippen molar-refractivity contribution in [2.45, 2.75) is 58.2 Å². The van der Waals surface area contributed by atoms with E-state index in [4.69, 9.17) is 16.6 Å². The Morgan fingerprint density at radius 3 is 2.70 bits per heavy atom. The molecule has 2 aromatic rings.